The summed E-state index contributed by atoms with van der Waals surface area (Å²) in [6.07, 6.45) is 1.53. The van der Waals surface area contributed by atoms with Crippen molar-refractivity contribution in [2.75, 3.05) is 7.11 Å². The van der Waals surface area contributed by atoms with Crippen molar-refractivity contribution in [3.05, 3.63) is 22.2 Å². The fourth-order valence-electron chi connectivity index (χ4n) is 0.718. The minimum Gasteiger partial charge on any atom is -0.464 e. The first kappa shape index (κ1) is 9.12. The van der Waals surface area contributed by atoms with Crippen molar-refractivity contribution in [1.29, 1.82) is 0 Å². The summed E-state index contributed by atoms with van der Waals surface area (Å²) >= 11 is 3.11. The maximum absolute atomic E-state index is 11.0. The topological polar surface area (TPSA) is 52.1 Å². The minimum absolute atomic E-state index is 0.242. The Hall–Kier alpha value is -0.970. The zero-order valence-electron chi connectivity index (χ0n) is 6.67. The predicted octanol–water partition coefficient (Wildman–Crippen LogP) is 1.33. The number of aryl methyl sites for hydroxylation is 1. The lowest BCUT2D eigenvalue weighted by Crippen LogP contribution is -2.08. The molecule has 0 aliphatic rings. The number of nitrogens with zero attached hydrogens (tertiary/aromatic N) is 2. The number of esters is 1. The van der Waals surface area contributed by atoms with Crippen LogP contribution in [0.5, 0.6) is 0 Å². The number of aromatic nitrogens is 2. The van der Waals surface area contributed by atoms with E-state index in [0.29, 0.717) is 10.3 Å². The molecule has 0 unspecified atom stereocenters. The molecule has 4 nitrogen and oxygen atoms in total. The lowest BCUT2D eigenvalue weighted by atomic mass is 10.3. The molecule has 0 atom stereocenters. The molecule has 0 saturated heterocycles. The van der Waals surface area contributed by atoms with Gasteiger partial charge in [0.15, 0.2) is 5.69 Å². The highest BCUT2D eigenvalue weighted by molar-refractivity contribution is 9.10. The minimum atomic E-state index is -0.471. The number of ether oxygens (including phenoxy) is 1. The third kappa shape index (κ3) is 1.79. The number of hydrogen-bond donors (Lipinski definition) is 0. The molecule has 0 spiro atoms. The van der Waals surface area contributed by atoms with Crippen molar-refractivity contribution < 1.29 is 9.53 Å². The van der Waals surface area contributed by atoms with Gasteiger partial charge in [0.25, 0.3) is 0 Å². The molecule has 1 rings (SSSR count). The van der Waals surface area contributed by atoms with Crippen LogP contribution in [0.1, 0.15) is 16.2 Å². The second-order valence-corrected chi connectivity index (χ2v) is 2.93. The molecule has 5 heteroatoms. The zero-order valence-corrected chi connectivity index (χ0v) is 8.25. The molecule has 0 N–H and O–H groups in total. The zero-order chi connectivity index (χ0) is 9.14. The average molecular weight is 231 g/mol. The van der Waals surface area contributed by atoms with Crippen molar-refractivity contribution in [2.24, 2.45) is 0 Å². The number of rotatable bonds is 1. The summed E-state index contributed by atoms with van der Waals surface area (Å²) in [6.45, 7) is 1.70. The Balaban J connectivity index is 3.13. The maximum Gasteiger partial charge on any atom is 0.358 e. The molecule has 0 aromatic carbocycles. The molecule has 0 amide bonds. The lowest BCUT2D eigenvalue weighted by molar-refractivity contribution is 0.0592. The second kappa shape index (κ2) is 3.62. The molecular weight excluding hydrogens is 224 g/mol. The molecule has 0 aliphatic heterocycles. The van der Waals surface area contributed by atoms with E-state index in [0.717, 1.165) is 0 Å². The lowest BCUT2D eigenvalue weighted by Gasteiger charge is -2.00. The molecular formula is C7H7BrN2O2. The van der Waals surface area contributed by atoms with Gasteiger partial charge in [0.2, 0.25) is 0 Å². The van der Waals surface area contributed by atoms with Crippen LogP contribution in [0.3, 0.4) is 0 Å². The smallest absolute Gasteiger partial charge is 0.358 e. The van der Waals surface area contributed by atoms with Gasteiger partial charge < -0.3 is 4.74 Å². The Labute approximate surface area is 78.1 Å². The van der Waals surface area contributed by atoms with E-state index in [-0.39, 0.29) is 5.69 Å². The van der Waals surface area contributed by atoms with Gasteiger partial charge in [-0.3, -0.25) is 4.98 Å². The monoisotopic (exact) mass is 230 g/mol. The largest absolute Gasteiger partial charge is 0.464 e. The number of methoxy groups -OCH3 is 1. The quantitative estimate of drug-likeness (QED) is 0.684. The predicted molar refractivity (Wildman–Crippen MR) is 45.8 cm³/mol. The molecule has 0 saturated carbocycles. The third-order valence-electron chi connectivity index (χ3n) is 1.30. The SMILES string of the molecule is COC(=O)c1nc(Br)cnc1C. The van der Waals surface area contributed by atoms with Crippen molar-refractivity contribution in [2.45, 2.75) is 6.92 Å². The Morgan fingerprint density at radius 1 is 1.67 bits per heavy atom. The van der Waals surface area contributed by atoms with E-state index in [4.69, 9.17) is 0 Å². The van der Waals surface area contributed by atoms with Gasteiger partial charge in [-0.25, -0.2) is 9.78 Å². The average Bonchev–Trinajstić information content (AvgIpc) is 2.08. The molecule has 0 radical (unpaired) electrons. The first-order valence-electron chi connectivity index (χ1n) is 3.22. The van der Waals surface area contributed by atoms with E-state index in [2.05, 4.69) is 30.6 Å². The van der Waals surface area contributed by atoms with Gasteiger partial charge in [0.05, 0.1) is 19.0 Å². The van der Waals surface area contributed by atoms with E-state index in [1.807, 2.05) is 0 Å². The van der Waals surface area contributed by atoms with Crippen LogP contribution in [0.2, 0.25) is 0 Å². The van der Waals surface area contributed by atoms with Gasteiger partial charge in [0, 0.05) is 0 Å². The molecule has 12 heavy (non-hydrogen) atoms. The van der Waals surface area contributed by atoms with Gasteiger partial charge in [-0.05, 0) is 22.9 Å². The molecule has 0 aliphatic carbocycles. The molecule has 1 heterocycles. The summed E-state index contributed by atoms with van der Waals surface area (Å²) in [4.78, 5) is 18.9. The van der Waals surface area contributed by atoms with E-state index in [1.54, 1.807) is 6.92 Å². The molecule has 64 valence electrons. The summed E-state index contributed by atoms with van der Waals surface area (Å²) in [7, 11) is 1.31. The number of halogens is 1. The van der Waals surface area contributed by atoms with Crippen LogP contribution in [0.4, 0.5) is 0 Å². The fourth-order valence-corrected chi connectivity index (χ4v) is 0.998. The van der Waals surface area contributed by atoms with E-state index < -0.39 is 5.97 Å². The Kier molecular flexibility index (Phi) is 2.75. The van der Waals surface area contributed by atoms with Crippen LogP contribution < -0.4 is 0 Å². The van der Waals surface area contributed by atoms with Crippen LogP contribution in [0.25, 0.3) is 0 Å². The second-order valence-electron chi connectivity index (χ2n) is 2.12. The van der Waals surface area contributed by atoms with Crippen LogP contribution in [0.15, 0.2) is 10.8 Å². The molecule has 0 bridgehead atoms. The van der Waals surface area contributed by atoms with Crippen LogP contribution >= 0.6 is 15.9 Å². The van der Waals surface area contributed by atoms with Gasteiger partial charge in [-0.2, -0.15) is 0 Å². The summed E-state index contributed by atoms with van der Waals surface area (Å²) < 4.78 is 5.03. The van der Waals surface area contributed by atoms with E-state index in [9.17, 15) is 4.79 Å². The highest BCUT2D eigenvalue weighted by Crippen LogP contribution is 2.08. The normalized spacial score (nSPS) is 9.58. The van der Waals surface area contributed by atoms with Crippen molar-refractivity contribution in [3.63, 3.8) is 0 Å². The van der Waals surface area contributed by atoms with E-state index in [1.165, 1.54) is 13.3 Å². The number of carbonyl (C=O) groups is 1. The molecule has 1 aromatic rings. The van der Waals surface area contributed by atoms with E-state index >= 15 is 0 Å². The fraction of sp³-hybridized carbons (Fsp3) is 0.286. The van der Waals surface area contributed by atoms with Crippen LogP contribution in [-0.4, -0.2) is 23.0 Å². The van der Waals surface area contributed by atoms with Crippen molar-refractivity contribution in [1.82, 2.24) is 9.97 Å². The van der Waals surface area contributed by atoms with Crippen LogP contribution in [0, 0.1) is 6.92 Å². The van der Waals surface area contributed by atoms with Gasteiger partial charge in [-0.1, -0.05) is 0 Å². The number of carbonyl (C=O) groups excluding carboxylic acids is 1. The molecule has 0 fully saturated rings. The van der Waals surface area contributed by atoms with Crippen molar-refractivity contribution in [3.8, 4) is 0 Å². The summed E-state index contributed by atoms with van der Waals surface area (Å²) in [5.74, 6) is -0.471. The summed E-state index contributed by atoms with van der Waals surface area (Å²) in [5, 5.41) is 0. The van der Waals surface area contributed by atoms with Gasteiger partial charge in [-0.15, -0.1) is 0 Å². The third-order valence-corrected chi connectivity index (χ3v) is 1.69. The Morgan fingerprint density at radius 3 is 2.92 bits per heavy atom. The summed E-state index contributed by atoms with van der Waals surface area (Å²) in [6, 6.07) is 0. The Morgan fingerprint density at radius 2 is 2.33 bits per heavy atom. The number of hydrogen-bond acceptors (Lipinski definition) is 4. The first-order chi connectivity index (χ1) is 5.65. The summed E-state index contributed by atoms with van der Waals surface area (Å²) in [5.41, 5.74) is 0.803. The van der Waals surface area contributed by atoms with Crippen LogP contribution in [-0.2, 0) is 4.74 Å². The maximum atomic E-state index is 11.0. The highest BCUT2D eigenvalue weighted by atomic mass is 79.9. The molecule has 1 aromatic heterocycles. The first-order valence-corrected chi connectivity index (χ1v) is 4.02. The Bertz CT molecular complexity index is 314. The van der Waals surface area contributed by atoms with Crippen molar-refractivity contribution >= 4 is 21.9 Å². The highest BCUT2D eigenvalue weighted by Gasteiger charge is 2.11. The standard InChI is InChI=1S/C7H7BrN2O2/c1-4-6(7(11)12-2)10-5(8)3-9-4/h3H,1-2H3. The van der Waals surface area contributed by atoms with Gasteiger partial charge in [0.1, 0.15) is 4.60 Å². The van der Waals surface area contributed by atoms with Gasteiger partial charge >= 0.3 is 5.97 Å².